The van der Waals surface area contributed by atoms with Gasteiger partial charge in [0.1, 0.15) is 0 Å². The molecule has 1 aromatic carbocycles. The van der Waals surface area contributed by atoms with E-state index in [1.54, 1.807) is 17.1 Å². The zero-order valence-corrected chi connectivity index (χ0v) is 17.1. The van der Waals surface area contributed by atoms with E-state index in [4.69, 9.17) is 0 Å². The monoisotopic (exact) mass is 395 g/mol. The highest BCUT2D eigenvalue weighted by Crippen LogP contribution is 2.40. The molecule has 2 aliphatic rings. The van der Waals surface area contributed by atoms with Crippen molar-refractivity contribution in [2.75, 3.05) is 4.90 Å². The zero-order chi connectivity index (χ0) is 19.7. The smallest absolute Gasteiger partial charge is 0.247 e. The summed E-state index contributed by atoms with van der Waals surface area (Å²) in [5, 5.41) is 2.49. The number of benzene rings is 1. The Hall–Kier alpha value is -2.47. The first-order chi connectivity index (χ1) is 13.5. The van der Waals surface area contributed by atoms with E-state index in [9.17, 15) is 9.59 Å². The molecule has 146 valence electrons. The summed E-state index contributed by atoms with van der Waals surface area (Å²) in [5.74, 6) is 0.645. The van der Waals surface area contributed by atoms with Gasteiger partial charge >= 0.3 is 0 Å². The van der Waals surface area contributed by atoms with Crippen LogP contribution in [0.15, 0.2) is 41.8 Å². The summed E-state index contributed by atoms with van der Waals surface area (Å²) in [6.45, 7) is 3.70. The molecule has 4 rings (SSSR count). The van der Waals surface area contributed by atoms with Crippen molar-refractivity contribution < 1.29 is 9.59 Å². The maximum atomic E-state index is 12.8. The summed E-state index contributed by atoms with van der Waals surface area (Å²) >= 11 is 1.40. The summed E-state index contributed by atoms with van der Waals surface area (Å²) in [6.07, 6.45) is 8.09. The van der Waals surface area contributed by atoms with Gasteiger partial charge in [-0.1, -0.05) is 18.2 Å². The van der Waals surface area contributed by atoms with Crippen molar-refractivity contribution in [3.8, 4) is 0 Å². The minimum absolute atomic E-state index is 0.0722. The topological polar surface area (TPSA) is 53.5 Å². The molecular weight excluding hydrogens is 370 g/mol. The summed E-state index contributed by atoms with van der Waals surface area (Å²) in [7, 11) is 0. The molecular formula is C22H25N3O2S. The van der Waals surface area contributed by atoms with E-state index in [0.29, 0.717) is 28.8 Å². The number of carbonyl (C=O) groups excluding carboxylic acids is 2. The summed E-state index contributed by atoms with van der Waals surface area (Å²) < 4.78 is 0. The minimum Gasteiger partial charge on any atom is -0.333 e. The standard InChI is InChI=1S/C22H25N3O2S/c1-15(17-8-9-17)24(20-11-12-20)21(27)13-10-18-14-28-22(23-18)25(16(2)26)19-6-4-3-5-7-19/h3-7,10,13-15,17,20H,8-9,11-12H2,1-2H3/b13-10+. The van der Waals surface area contributed by atoms with Gasteiger partial charge < -0.3 is 4.90 Å². The third-order valence-corrected chi connectivity index (χ3v) is 6.21. The minimum atomic E-state index is -0.0923. The van der Waals surface area contributed by atoms with E-state index in [0.717, 1.165) is 18.5 Å². The average molecular weight is 396 g/mol. The molecule has 0 N–H and O–H groups in total. The van der Waals surface area contributed by atoms with Gasteiger partial charge in [0.05, 0.1) is 11.4 Å². The van der Waals surface area contributed by atoms with E-state index in [1.165, 1.54) is 31.1 Å². The van der Waals surface area contributed by atoms with Crippen molar-refractivity contribution in [3.05, 3.63) is 47.5 Å². The third-order valence-electron chi connectivity index (χ3n) is 5.36. The van der Waals surface area contributed by atoms with Crippen LogP contribution in [-0.4, -0.2) is 33.8 Å². The van der Waals surface area contributed by atoms with Gasteiger partial charge in [0.25, 0.3) is 0 Å². The number of hydrogen-bond donors (Lipinski definition) is 0. The number of carbonyl (C=O) groups is 2. The largest absolute Gasteiger partial charge is 0.333 e. The lowest BCUT2D eigenvalue weighted by Gasteiger charge is -2.28. The first-order valence-corrected chi connectivity index (χ1v) is 10.7. The van der Waals surface area contributed by atoms with Crippen LogP contribution >= 0.6 is 11.3 Å². The predicted octanol–water partition coefficient (Wildman–Crippen LogP) is 4.63. The van der Waals surface area contributed by atoms with Gasteiger partial charge in [0, 0.05) is 30.5 Å². The fourth-order valence-electron chi connectivity index (χ4n) is 3.57. The first kappa shape index (κ1) is 18.9. The Morgan fingerprint density at radius 1 is 1.18 bits per heavy atom. The molecule has 2 saturated carbocycles. The average Bonchev–Trinajstić information content (AvgIpc) is 3.60. The SMILES string of the molecule is CC(=O)N(c1ccccc1)c1nc(/C=C/C(=O)N(C2CC2)C(C)C2CC2)cs1. The number of aromatic nitrogens is 1. The van der Waals surface area contributed by atoms with Gasteiger partial charge in [-0.2, -0.15) is 0 Å². The highest BCUT2D eigenvalue weighted by Gasteiger charge is 2.40. The molecule has 0 spiro atoms. The number of anilines is 2. The van der Waals surface area contributed by atoms with Crippen molar-refractivity contribution in [2.45, 2.75) is 51.6 Å². The summed E-state index contributed by atoms with van der Waals surface area (Å²) in [5.41, 5.74) is 1.49. The van der Waals surface area contributed by atoms with E-state index >= 15 is 0 Å². The van der Waals surface area contributed by atoms with E-state index in [1.807, 2.05) is 35.7 Å². The van der Waals surface area contributed by atoms with Gasteiger partial charge in [0.2, 0.25) is 11.8 Å². The third kappa shape index (κ3) is 4.17. The highest BCUT2D eigenvalue weighted by molar-refractivity contribution is 7.14. The molecule has 28 heavy (non-hydrogen) atoms. The van der Waals surface area contributed by atoms with Crippen LogP contribution < -0.4 is 4.90 Å². The van der Waals surface area contributed by atoms with Crippen LogP contribution in [-0.2, 0) is 9.59 Å². The lowest BCUT2D eigenvalue weighted by Crippen LogP contribution is -2.40. The Bertz CT molecular complexity index is 884. The lowest BCUT2D eigenvalue weighted by molar-refractivity contribution is -0.129. The van der Waals surface area contributed by atoms with Gasteiger partial charge in [-0.05, 0) is 56.7 Å². The van der Waals surface area contributed by atoms with Crippen LogP contribution in [0.4, 0.5) is 10.8 Å². The molecule has 1 atom stereocenters. The van der Waals surface area contributed by atoms with Crippen LogP contribution in [0.5, 0.6) is 0 Å². The van der Waals surface area contributed by atoms with Crippen LogP contribution in [0.2, 0.25) is 0 Å². The van der Waals surface area contributed by atoms with Gasteiger partial charge in [0.15, 0.2) is 5.13 Å². The number of amides is 2. The summed E-state index contributed by atoms with van der Waals surface area (Å²) in [6, 6.07) is 10.2. The molecule has 0 aliphatic heterocycles. The Labute approximate surface area is 169 Å². The molecule has 2 fully saturated rings. The van der Waals surface area contributed by atoms with Crippen molar-refractivity contribution >= 4 is 40.0 Å². The number of rotatable bonds is 7. The number of nitrogens with zero attached hydrogens (tertiary/aromatic N) is 3. The molecule has 1 aromatic heterocycles. The molecule has 2 aromatic rings. The maximum Gasteiger partial charge on any atom is 0.247 e. The number of para-hydroxylation sites is 1. The Balaban J connectivity index is 1.49. The van der Waals surface area contributed by atoms with Gasteiger partial charge in [-0.15, -0.1) is 11.3 Å². The molecule has 2 aliphatic carbocycles. The Morgan fingerprint density at radius 3 is 2.50 bits per heavy atom. The van der Waals surface area contributed by atoms with E-state index < -0.39 is 0 Å². The molecule has 6 heteroatoms. The fourth-order valence-corrected chi connectivity index (χ4v) is 4.43. The zero-order valence-electron chi connectivity index (χ0n) is 16.2. The van der Waals surface area contributed by atoms with Crippen LogP contribution in [0.1, 0.15) is 45.2 Å². The van der Waals surface area contributed by atoms with Crippen LogP contribution in [0, 0.1) is 5.92 Å². The first-order valence-electron chi connectivity index (χ1n) is 9.86. The van der Waals surface area contributed by atoms with Crippen LogP contribution in [0.3, 0.4) is 0 Å². The van der Waals surface area contributed by atoms with Crippen LogP contribution in [0.25, 0.3) is 6.08 Å². The van der Waals surface area contributed by atoms with Crippen molar-refractivity contribution in [1.82, 2.24) is 9.88 Å². The second kappa shape index (κ2) is 7.87. The normalized spacial score (nSPS) is 17.5. The lowest BCUT2D eigenvalue weighted by atomic mass is 10.1. The number of hydrogen-bond acceptors (Lipinski definition) is 4. The predicted molar refractivity (Wildman–Crippen MR) is 112 cm³/mol. The highest BCUT2D eigenvalue weighted by atomic mass is 32.1. The fraction of sp³-hybridized carbons (Fsp3) is 0.409. The molecule has 5 nitrogen and oxygen atoms in total. The molecule has 0 saturated heterocycles. The second-order valence-electron chi connectivity index (χ2n) is 7.63. The molecule has 1 unspecified atom stereocenters. The molecule has 1 heterocycles. The van der Waals surface area contributed by atoms with Crippen molar-refractivity contribution in [3.63, 3.8) is 0 Å². The van der Waals surface area contributed by atoms with E-state index in [2.05, 4.69) is 16.8 Å². The maximum absolute atomic E-state index is 12.8. The van der Waals surface area contributed by atoms with Crippen molar-refractivity contribution in [1.29, 1.82) is 0 Å². The van der Waals surface area contributed by atoms with Crippen molar-refractivity contribution in [2.24, 2.45) is 5.92 Å². The number of thiazole rings is 1. The Morgan fingerprint density at radius 2 is 1.89 bits per heavy atom. The molecule has 2 amide bonds. The van der Waals surface area contributed by atoms with Gasteiger partial charge in [-0.3, -0.25) is 14.5 Å². The molecule has 0 bridgehead atoms. The second-order valence-corrected chi connectivity index (χ2v) is 8.47. The molecule has 0 radical (unpaired) electrons. The summed E-state index contributed by atoms with van der Waals surface area (Å²) in [4.78, 5) is 33.2. The Kier molecular flexibility index (Phi) is 5.31. The van der Waals surface area contributed by atoms with E-state index in [-0.39, 0.29) is 11.8 Å². The quantitative estimate of drug-likeness (QED) is 0.642. The van der Waals surface area contributed by atoms with Gasteiger partial charge in [-0.25, -0.2) is 4.98 Å².